The molecular formula is C23H15ClN2. The van der Waals surface area contributed by atoms with Crippen molar-refractivity contribution < 1.29 is 0 Å². The average Bonchev–Trinajstić information content (AvgIpc) is 3.29. The first-order valence-electron chi connectivity index (χ1n) is 8.52. The third-order valence-electron chi connectivity index (χ3n) is 4.80. The lowest BCUT2D eigenvalue weighted by molar-refractivity contribution is 1.46. The average molecular weight is 355 g/mol. The van der Waals surface area contributed by atoms with Crippen molar-refractivity contribution in [3.63, 3.8) is 0 Å². The van der Waals surface area contributed by atoms with Gasteiger partial charge < -0.3 is 4.98 Å². The zero-order chi connectivity index (χ0) is 17.5. The quantitative estimate of drug-likeness (QED) is 0.426. The fourth-order valence-corrected chi connectivity index (χ4v) is 3.82. The Morgan fingerprint density at radius 1 is 0.808 bits per heavy atom. The minimum absolute atomic E-state index is 0.734. The van der Waals surface area contributed by atoms with Crippen LogP contribution in [0.15, 0.2) is 84.0 Å². The largest absolute Gasteiger partial charge is 0.361 e. The topological polar surface area (TPSA) is 28.1 Å². The first kappa shape index (κ1) is 15.2. The number of aliphatic imine (C=N–C) groups is 1. The standard InChI is InChI=1S/C23H15ClN2/c24-20-10-4-1-9-17(20)23(18-13-25-21-11-5-2-7-15(18)21)19-14-26-22-12-6-3-8-16(19)22/h1-14,25H. The van der Waals surface area contributed by atoms with Gasteiger partial charge in [-0.25, -0.2) is 0 Å². The molecule has 0 aliphatic carbocycles. The van der Waals surface area contributed by atoms with Crippen LogP contribution < -0.4 is 0 Å². The molecule has 124 valence electrons. The van der Waals surface area contributed by atoms with Crippen LogP contribution in [0.3, 0.4) is 0 Å². The molecule has 0 saturated carbocycles. The van der Waals surface area contributed by atoms with E-state index in [1.807, 2.05) is 48.7 Å². The second-order valence-electron chi connectivity index (χ2n) is 6.29. The monoisotopic (exact) mass is 354 g/mol. The third-order valence-corrected chi connectivity index (χ3v) is 5.13. The number of hydrogen-bond acceptors (Lipinski definition) is 1. The van der Waals surface area contributed by atoms with Crippen molar-refractivity contribution in [2.45, 2.75) is 0 Å². The molecule has 4 aromatic rings. The van der Waals surface area contributed by atoms with E-state index in [4.69, 9.17) is 11.6 Å². The smallest absolute Gasteiger partial charge is 0.0709 e. The van der Waals surface area contributed by atoms with Crippen molar-refractivity contribution in [2.24, 2.45) is 4.99 Å². The molecule has 0 spiro atoms. The number of para-hydroxylation sites is 2. The van der Waals surface area contributed by atoms with Gasteiger partial charge in [0.15, 0.2) is 0 Å². The van der Waals surface area contributed by atoms with Crippen LogP contribution in [0.25, 0.3) is 22.0 Å². The molecule has 2 nitrogen and oxygen atoms in total. The molecule has 0 bridgehead atoms. The zero-order valence-electron chi connectivity index (χ0n) is 13.9. The zero-order valence-corrected chi connectivity index (χ0v) is 14.7. The van der Waals surface area contributed by atoms with E-state index < -0.39 is 0 Å². The van der Waals surface area contributed by atoms with Crippen LogP contribution in [-0.2, 0) is 0 Å². The first-order chi connectivity index (χ1) is 12.8. The number of aromatic nitrogens is 1. The molecule has 3 heteroatoms. The minimum atomic E-state index is 0.734. The van der Waals surface area contributed by atoms with Gasteiger partial charge in [-0.1, -0.05) is 66.2 Å². The van der Waals surface area contributed by atoms with E-state index in [1.54, 1.807) is 0 Å². The van der Waals surface area contributed by atoms with Crippen LogP contribution in [0.1, 0.15) is 16.7 Å². The number of nitrogens with one attached hydrogen (secondary N) is 1. The summed E-state index contributed by atoms with van der Waals surface area (Å²) in [5.74, 6) is 0. The Morgan fingerprint density at radius 3 is 2.50 bits per heavy atom. The van der Waals surface area contributed by atoms with Gasteiger partial charge in [0.05, 0.1) is 5.69 Å². The molecule has 1 aliphatic rings. The van der Waals surface area contributed by atoms with Gasteiger partial charge in [0.1, 0.15) is 0 Å². The van der Waals surface area contributed by atoms with E-state index in [2.05, 4.69) is 46.5 Å². The maximum atomic E-state index is 6.60. The van der Waals surface area contributed by atoms with Crippen LogP contribution in [0, 0.1) is 0 Å². The van der Waals surface area contributed by atoms with Crippen molar-refractivity contribution >= 4 is 45.6 Å². The number of rotatable bonds is 2. The summed E-state index contributed by atoms with van der Waals surface area (Å²) in [7, 11) is 0. The second kappa shape index (κ2) is 6.01. The van der Waals surface area contributed by atoms with Crippen LogP contribution in [-0.4, -0.2) is 11.2 Å². The highest BCUT2D eigenvalue weighted by Gasteiger charge is 2.22. The van der Waals surface area contributed by atoms with Gasteiger partial charge in [0.25, 0.3) is 0 Å². The Morgan fingerprint density at radius 2 is 1.58 bits per heavy atom. The molecule has 0 amide bonds. The molecule has 0 saturated heterocycles. The molecule has 26 heavy (non-hydrogen) atoms. The Hall–Kier alpha value is -3.10. The summed E-state index contributed by atoms with van der Waals surface area (Å²) in [4.78, 5) is 7.99. The second-order valence-corrected chi connectivity index (χ2v) is 6.70. The van der Waals surface area contributed by atoms with Crippen LogP contribution in [0.4, 0.5) is 5.69 Å². The molecule has 2 heterocycles. The van der Waals surface area contributed by atoms with Crippen molar-refractivity contribution in [1.29, 1.82) is 0 Å². The summed E-state index contributed by atoms with van der Waals surface area (Å²) in [6.07, 6.45) is 4.01. The summed E-state index contributed by atoms with van der Waals surface area (Å²) in [6, 6.07) is 24.5. The first-order valence-corrected chi connectivity index (χ1v) is 8.90. The van der Waals surface area contributed by atoms with Gasteiger partial charge in [-0.05, 0) is 18.2 Å². The highest BCUT2D eigenvalue weighted by Crippen LogP contribution is 2.42. The molecule has 5 rings (SSSR count). The van der Waals surface area contributed by atoms with Crippen molar-refractivity contribution in [3.05, 3.63) is 101 Å². The Bertz CT molecular complexity index is 1200. The van der Waals surface area contributed by atoms with E-state index in [9.17, 15) is 0 Å². The molecule has 0 atom stereocenters. The van der Waals surface area contributed by atoms with E-state index in [-0.39, 0.29) is 0 Å². The van der Waals surface area contributed by atoms with Gasteiger partial charge in [0, 0.05) is 56.2 Å². The molecule has 1 aromatic heterocycles. The number of aromatic amines is 1. The number of hydrogen-bond donors (Lipinski definition) is 1. The Kier molecular flexibility index (Phi) is 3.51. The van der Waals surface area contributed by atoms with Crippen molar-refractivity contribution in [3.8, 4) is 0 Å². The van der Waals surface area contributed by atoms with Gasteiger partial charge in [-0.3, -0.25) is 4.99 Å². The van der Waals surface area contributed by atoms with Gasteiger partial charge in [-0.15, -0.1) is 0 Å². The van der Waals surface area contributed by atoms with Crippen molar-refractivity contribution in [2.75, 3.05) is 0 Å². The Labute approximate surface area is 156 Å². The molecule has 1 aliphatic heterocycles. The number of benzene rings is 3. The highest BCUT2D eigenvalue weighted by atomic mass is 35.5. The highest BCUT2D eigenvalue weighted by molar-refractivity contribution is 6.35. The molecule has 1 N–H and O–H groups in total. The van der Waals surface area contributed by atoms with E-state index in [0.717, 1.165) is 44.1 Å². The fraction of sp³-hybridized carbons (Fsp3) is 0. The third kappa shape index (κ3) is 2.31. The summed E-state index contributed by atoms with van der Waals surface area (Å²) in [5, 5.41) is 1.91. The maximum Gasteiger partial charge on any atom is 0.0709 e. The lowest BCUT2D eigenvalue weighted by Gasteiger charge is -2.13. The normalized spacial score (nSPS) is 14.7. The maximum absolute atomic E-state index is 6.60. The number of nitrogens with zero attached hydrogens (tertiary/aromatic N) is 1. The van der Waals surface area contributed by atoms with Crippen LogP contribution in [0.5, 0.6) is 0 Å². The lowest BCUT2D eigenvalue weighted by Crippen LogP contribution is -1.94. The van der Waals surface area contributed by atoms with Crippen LogP contribution in [0.2, 0.25) is 5.02 Å². The fourth-order valence-electron chi connectivity index (χ4n) is 3.59. The number of fused-ring (bicyclic) bond motifs is 2. The summed E-state index contributed by atoms with van der Waals surface area (Å²) in [6.45, 7) is 0. The predicted octanol–water partition coefficient (Wildman–Crippen LogP) is 6.50. The number of allylic oxidation sites excluding steroid dienone is 1. The molecule has 3 aromatic carbocycles. The van der Waals surface area contributed by atoms with Gasteiger partial charge in [0.2, 0.25) is 0 Å². The summed E-state index contributed by atoms with van der Waals surface area (Å²) in [5.41, 5.74) is 7.57. The van der Waals surface area contributed by atoms with Gasteiger partial charge >= 0.3 is 0 Å². The van der Waals surface area contributed by atoms with Crippen LogP contribution >= 0.6 is 11.6 Å². The minimum Gasteiger partial charge on any atom is -0.361 e. The van der Waals surface area contributed by atoms with E-state index in [0.29, 0.717) is 0 Å². The molecule has 0 fully saturated rings. The summed E-state index contributed by atoms with van der Waals surface area (Å²) < 4.78 is 0. The van der Waals surface area contributed by atoms with E-state index >= 15 is 0 Å². The SMILES string of the molecule is Clc1ccccc1C(=C1C=Nc2ccccc21)c1c[nH]c2ccccc12. The Balaban J connectivity index is 1.88. The lowest BCUT2D eigenvalue weighted by atomic mass is 9.90. The summed E-state index contributed by atoms with van der Waals surface area (Å²) >= 11 is 6.60. The molecule has 0 unspecified atom stereocenters. The number of halogens is 1. The molecule has 0 radical (unpaired) electrons. The molecular weight excluding hydrogens is 340 g/mol. The van der Waals surface area contributed by atoms with Crippen molar-refractivity contribution in [1.82, 2.24) is 4.98 Å². The number of H-pyrrole nitrogens is 1. The van der Waals surface area contributed by atoms with Gasteiger partial charge in [-0.2, -0.15) is 0 Å². The predicted molar refractivity (Wildman–Crippen MR) is 110 cm³/mol. The van der Waals surface area contributed by atoms with E-state index in [1.165, 1.54) is 5.39 Å².